The molecule has 2 N–H and O–H groups in total. The number of nitrogens with zero attached hydrogens (tertiary/aromatic N) is 2. The maximum absolute atomic E-state index is 14.1. The molecule has 0 saturated carbocycles. The highest BCUT2D eigenvalue weighted by molar-refractivity contribution is 5.99. The van der Waals surface area contributed by atoms with Gasteiger partial charge in [0.15, 0.2) is 0 Å². The van der Waals surface area contributed by atoms with Gasteiger partial charge in [-0.15, -0.1) is 0 Å². The number of fused-ring (bicyclic) bond motifs is 1. The number of alkyl halides is 3. The number of nitrogens with one attached hydrogen (secondary N) is 1. The Morgan fingerprint density at radius 3 is 2.57 bits per heavy atom. The first-order valence-corrected chi connectivity index (χ1v) is 15.3. The molecule has 2 amide bonds. The molecule has 0 fully saturated rings. The Balaban J connectivity index is 1.89. The molecule has 2 aromatic rings. The second kappa shape index (κ2) is 16.8. The average molecular weight is 622 g/mol. The van der Waals surface area contributed by atoms with Gasteiger partial charge in [0, 0.05) is 44.3 Å². The third-order valence-corrected chi connectivity index (χ3v) is 7.76. The van der Waals surface area contributed by atoms with Crippen LogP contribution in [0.2, 0.25) is 0 Å². The average Bonchev–Trinajstić information content (AvgIpc) is 2.97. The summed E-state index contributed by atoms with van der Waals surface area (Å²) in [5.74, 6) is -1.02. The fourth-order valence-corrected chi connectivity index (χ4v) is 5.21. The van der Waals surface area contributed by atoms with Gasteiger partial charge in [-0.05, 0) is 63.9 Å². The van der Waals surface area contributed by atoms with Crippen molar-refractivity contribution in [2.45, 2.75) is 83.8 Å². The molecule has 4 atom stereocenters. The Bertz CT molecular complexity index is 1200. The van der Waals surface area contributed by atoms with Crippen LogP contribution in [-0.2, 0) is 16.1 Å². The Morgan fingerprint density at radius 2 is 1.89 bits per heavy atom. The molecule has 244 valence electrons. The monoisotopic (exact) mass is 621 g/mol. The van der Waals surface area contributed by atoms with Crippen molar-refractivity contribution in [3.8, 4) is 5.75 Å². The van der Waals surface area contributed by atoms with E-state index in [0.717, 1.165) is 25.8 Å². The molecule has 0 saturated heterocycles. The summed E-state index contributed by atoms with van der Waals surface area (Å²) < 4.78 is 50.5. The normalized spacial score (nSPS) is 21.2. The van der Waals surface area contributed by atoms with Crippen LogP contribution in [0.25, 0.3) is 0 Å². The molecule has 0 aliphatic carbocycles. The lowest BCUT2D eigenvalue weighted by Gasteiger charge is -2.36. The number of aliphatic hydroxyl groups excluding tert-OH is 1. The van der Waals surface area contributed by atoms with Crippen molar-refractivity contribution in [2.75, 3.05) is 38.7 Å². The van der Waals surface area contributed by atoms with Crippen LogP contribution < -0.4 is 10.1 Å². The van der Waals surface area contributed by atoms with E-state index in [4.69, 9.17) is 9.47 Å². The van der Waals surface area contributed by atoms with E-state index in [9.17, 15) is 27.9 Å². The van der Waals surface area contributed by atoms with E-state index < -0.39 is 36.9 Å². The highest BCUT2D eigenvalue weighted by Gasteiger charge is 2.31. The minimum atomic E-state index is -4.45. The van der Waals surface area contributed by atoms with Gasteiger partial charge in [0.1, 0.15) is 5.75 Å². The molecule has 0 aromatic heterocycles. The van der Waals surface area contributed by atoms with Crippen LogP contribution in [0.5, 0.6) is 5.75 Å². The summed E-state index contributed by atoms with van der Waals surface area (Å²) in [6.45, 7) is 7.62. The number of benzene rings is 2. The molecular weight excluding hydrogens is 575 g/mol. The van der Waals surface area contributed by atoms with E-state index in [1.165, 1.54) is 17.7 Å². The quantitative estimate of drug-likeness (QED) is 0.363. The smallest absolute Gasteiger partial charge is 0.389 e. The predicted molar refractivity (Wildman–Crippen MR) is 164 cm³/mol. The zero-order valence-corrected chi connectivity index (χ0v) is 26.1. The van der Waals surface area contributed by atoms with Crippen molar-refractivity contribution in [3.05, 3.63) is 59.7 Å². The number of rotatable bonds is 9. The SMILES string of the molecule is C[C@H]1CCCCO[C@H](CN(C)Cc2ccccc2)[C@@H](C)CN([C@@H](C)CO)C(=O)c2cc(NC(=O)CCC(F)(F)F)ccc2O1. The fraction of sp³-hybridized carbons (Fsp3) is 0.576. The van der Waals surface area contributed by atoms with Gasteiger partial charge in [0.05, 0.1) is 36.8 Å². The molecule has 11 heteroatoms. The molecule has 0 bridgehead atoms. The maximum atomic E-state index is 14.1. The molecule has 1 aliphatic rings. The number of amides is 2. The molecule has 44 heavy (non-hydrogen) atoms. The van der Waals surface area contributed by atoms with Gasteiger partial charge in [-0.25, -0.2) is 0 Å². The number of ether oxygens (including phenoxy) is 2. The number of hydrogen-bond donors (Lipinski definition) is 2. The number of likely N-dealkylation sites (N-methyl/N-ethyl adjacent to an activating group) is 1. The number of halogens is 3. The van der Waals surface area contributed by atoms with E-state index in [2.05, 4.69) is 22.3 Å². The molecule has 3 rings (SSSR count). The fourth-order valence-electron chi connectivity index (χ4n) is 5.21. The maximum Gasteiger partial charge on any atom is 0.389 e. The molecule has 0 radical (unpaired) electrons. The van der Waals surface area contributed by atoms with Crippen molar-refractivity contribution in [1.29, 1.82) is 0 Å². The second-order valence-corrected chi connectivity index (χ2v) is 11.9. The lowest BCUT2D eigenvalue weighted by Crippen LogP contribution is -2.47. The van der Waals surface area contributed by atoms with Crippen molar-refractivity contribution >= 4 is 17.5 Å². The van der Waals surface area contributed by atoms with Crippen LogP contribution in [0.1, 0.15) is 68.8 Å². The molecule has 2 aromatic carbocycles. The van der Waals surface area contributed by atoms with Crippen LogP contribution >= 0.6 is 0 Å². The van der Waals surface area contributed by atoms with Crippen LogP contribution in [0, 0.1) is 5.92 Å². The number of anilines is 1. The molecule has 0 spiro atoms. The molecule has 0 unspecified atom stereocenters. The summed E-state index contributed by atoms with van der Waals surface area (Å²) in [6.07, 6.45) is -4.44. The minimum absolute atomic E-state index is 0.109. The Hall–Kier alpha value is -3.15. The summed E-state index contributed by atoms with van der Waals surface area (Å²) in [4.78, 5) is 30.2. The predicted octanol–water partition coefficient (Wildman–Crippen LogP) is 5.90. The van der Waals surface area contributed by atoms with Crippen LogP contribution in [0.15, 0.2) is 48.5 Å². The van der Waals surface area contributed by atoms with Crippen LogP contribution in [0.4, 0.5) is 18.9 Å². The van der Waals surface area contributed by atoms with Crippen LogP contribution in [-0.4, -0.2) is 84.5 Å². The highest BCUT2D eigenvalue weighted by Crippen LogP contribution is 2.29. The third kappa shape index (κ3) is 11.4. The summed E-state index contributed by atoms with van der Waals surface area (Å²) >= 11 is 0. The van der Waals surface area contributed by atoms with Crippen LogP contribution in [0.3, 0.4) is 0 Å². The van der Waals surface area contributed by atoms with E-state index in [0.29, 0.717) is 18.9 Å². The molecule has 1 heterocycles. The van der Waals surface area contributed by atoms with Gasteiger partial charge >= 0.3 is 6.18 Å². The van der Waals surface area contributed by atoms with Gasteiger partial charge < -0.3 is 24.8 Å². The summed E-state index contributed by atoms with van der Waals surface area (Å²) in [5.41, 5.74) is 1.53. The standard InChI is InChI=1S/C33H46F3N3O5/c1-23-19-39(24(2)22-40)32(42)28-18-27(37-31(41)15-16-33(34,35)36)13-14-29(28)44-25(3)10-8-9-17-43-30(23)21-38(4)20-26-11-6-5-7-12-26/h5-7,11-14,18,23-25,30,40H,8-10,15-17,19-22H2,1-4H3,(H,37,41)/t23-,24-,25-,30+/m0/s1. The van der Waals surface area contributed by atoms with Gasteiger partial charge in [-0.2, -0.15) is 13.2 Å². The first-order valence-electron chi connectivity index (χ1n) is 15.3. The number of hydrogen-bond acceptors (Lipinski definition) is 6. The van der Waals surface area contributed by atoms with E-state index in [1.54, 1.807) is 17.9 Å². The number of carbonyl (C=O) groups is 2. The Morgan fingerprint density at radius 1 is 1.16 bits per heavy atom. The van der Waals surface area contributed by atoms with E-state index >= 15 is 0 Å². The second-order valence-electron chi connectivity index (χ2n) is 11.9. The van der Waals surface area contributed by atoms with Crippen molar-refractivity contribution in [1.82, 2.24) is 9.80 Å². The molecule has 8 nitrogen and oxygen atoms in total. The lowest BCUT2D eigenvalue weighted by molar-refractivity contribution is -0.142. The topological polar surface area (TPSA) is 91.3 Å². The van der Waals surface area contributed by atoms with Crippen molar-refractivity contribution in [3.63, 3.8) is 0 Å². The first-order chi connectivity index (χ1) is 20.9. The summed E-state index contributed by atoms with van der Waals surface area (Å²) in [6, 6.07) is 14.1. The first kappa shape index (κ1) is 35.3. The van der Waals surface area contributed by atoms with E-state index in [-0.39, 0.29) is 42.5 Å². The third-order valence-electron chi connectivity index (χ3n) is 7.76. The molecular formula is C33H46F3N3O5. The van der Waals surface area contributed by atoms with E-state index in [1.807, 2.05) is 39.1 Å². The number of carbonyl (C=O) groups excluding carboxylic acids is 2. The van der Waals surface area contributed by atoms with Gasteiger partial charge in [-0.1, -0.05) is 37.3 Å². The Labute approximate surface area is 258 Å². The highest BCUT2D eigenvalue weighted by atomic mass is 19.4. The van der Waals surface area contributed by atoms with Crippen molar-refractivity contribution in [2.24, 2.45) is 5.92 Å². The lowest BCUT2D eigenvalue weighted by atomic mass is 10.0. The van der Waals surface area contributed by atoms with Gasteiger partial charge in [0.2, 0.25) is 5.91 Å². The van der Waals surface area contributed by atoms with Gasteiger partial charge in [-0.3, -0.25) is 14.5 Å². The van der Waals surface area contributed by atoms with Gasteiger partial charge in [0.25, 0.3) is 5.91 Å². The number of aliphatic hydroxyl groups is 1. The molecule has 1 aliphatic heterocycles. The zero-order chi connectivity index (χ0) is 32.3. The summed E-state index contributed by atoms with van der Waals surface area (Å²) in [5, 5.41) is 12.6. The summed E-state index contributed by atoms with van der Waals surface area (Å²) in [7, 11) is 2.04. The minimum Gasteiger partial charge on any atom is -0.490 e. The Kier molecular flexibility index (Phi) is 13.5. The largest absolute Gasteiger partial charge is 0.490 e. The zero-order valence-electron chi connectivity index (χ0n) is 26.1. The van der Waals surface area contributed by atoms with Crippen molar-refractivity contribution < 1.29 is 37.3 Å².